The summed E-state index contributed by atoms with van der Waals surface area (Å²) in [5.74, 6) is -0.540. The zero-order valence-electron chi connectivity index (χ0n) is 11.8. The quantitative estimate of drug-likeness (QED) is 0.826. The second kappa shape index (κ2) is 5.16. The molecule has 5 heteroatoms. The molecular formula is C16H17NO4. The maximum atomic E-state index is 11.9. The van der Waals surface area contributed by atoms with Crippen LogP contribution in [0.1, 0.15) is 35.7 Å². The van der Waals surface area contributed by atoms with Crippen molar-refractivity contribution in [3.05, 3.63) is 47.7 Å². The normalized spacial score (nSPS) is 15.5. The minimum atomic E-state index is -0.588. The van der Waals surface area contributed by atoms with Gasteiger partial charge in [-0.15, -0.1) is 0 Å². The lowest BCUT2D eigenvalue weighted by Gasteiger charge is -2.18. The van der Waals surface area contributed by atoms with Gasteiger partial charge in [0, 0.05) is 0 Å². The van der Waals surface area contributed by atoms with Gasteiger partial charge in [0.1, 0.15) is 6.26 Å². The summed E-state index contributed by atoms with van der Waals surface area (Å²) in [5, 5.41) is 13.0. The van der Waals surface area contributed by atoms with Crippen molar-refractivity contribution in [3.8, 4) is 5.75 Å². The van der Waals surface area contributed by atoms with E-state index in [0.717, 1.165) is 24.7 Å². The van der Waals surface area contributed by atoms with E-state index in [0.29, 0.717) is 0 Å². The van der Waals surface area contributed by atoms with Crippen LogP contribution in [-0.4, -0.2) is 17.7 Å². The van der Waals surface area contributed by atoms with Crippen LogP contribution in [0.3, 0.4) is 0 Å². The van der Waals surface area contributed by atoms with Gasteiger partial charge in [0.25, 0.3) is 0 Å². The van der Waals surface area contributed by atoms with Gasteiger partial charge >= 0.3 is 5.97 Å². The Kier molecular flexibility index (Phi) is 3.33. The van der Waals surface area contributed by atoms with Crippen LogP contribution in [0.25, 0.3) is 0 Å². The highest BCUT2D eigenvalue weighted by Gasteiger charge is 2.46. The molecule has 1 aliphatic carbocycles. The molecule has 110 valence electrons. The molecule has 2 aromatic rings. The molecule has 0 saturated heterocycles. The van der Waals surface area contributed by atoms with Gasteiger partial charge in [-0.25, -0.2) is 4.79 Å². The van der Waals surface area contributed by atoms with Crippen molar-refractivity contribution in [3.63, 3.8) is 0 Å². The number of carbonyl (C=O) groups excluding carboxylic acids is 1. The van der Waals surface area contributed by atoms with Gasteiger partial charge in [-0.2, -0.15) is 0 Å². The number of ether oxygens (including phenoxy) is 1. The molecule has 0 radical (unpaired) electrons. The Bertz CT molecular complexity index is 644. The monoisotopic (exact) mass is 287 g/mol. The highest BCUT2D eigenvalue weighted by atomic mass is 16.5. The number of aromatic hydroxyl groups is 1. The third-order valence-electron chi connectivity index (χ3n) is 3.68. The van der Waals surface area contributed by atoms with Crippen LogP contribution in [0.5, 0.6) is 5.75 Å². The van der Waals surface area contributed by atoms with E-state index in [1.165, 1.54) is 0 Å². The minimum Gasteiger partial charge on any atom is -0.504 e. The van der Waals surface area contributed by atoms with Crippen molar-refractivity contribution < 1.29 is 19.1 Å². The molecule has 21 heavy (non-hydrogen) atoms. The first kappa shape index (κ1) is 13.5. The number of hydrogen-bond donors (Lipinski definition) is 2. The molecule has 0 unspecified atom stereocenters. The molecule has 0 atom stereocenters. The average molecular weight is 287 g/mol. The molecule has 0 aliphatic heterocycles. The SMILES string of the molecule is CCOC(=O)c1c(O)coc1NC1(c2ccccc2)CC1. The summed E-state index contributed by atoms with van der Waals surface area (Å²) in [6.07, 6.45) is 3.04. The van der Waals surface area contributed by atoms with Gasteiger partial charge in [0.05, 0.1) is 12.1 Å². The summed E-state index contributed by atoms with van der Waals surface area (Å²) in [4.78, 5) is 11.9. The molecule has 1 aromatic carbocycles. The first-order valence-electron chi connectivity index (χ1n) is 6.97. The lowest BCUT2D eigenvalue weighted by molar-refractivity contribution is 0.0524. The Balaban J connectivity index is 1.88. The lowest BCUT2D eigenvalue weighted by Crippen LogP contribution is -2.20. The fourth-order valence-corrected chi connectivity index (χ4v) is 2.43. The standard InChI is InChI=1S/C16H17NO4/c1-2-20-15(19)13-12(18)10-21-14(13)17-16(8-9-16)11-6-4-3-5-7-11/h3-7,10,17-18H,2,8-9H2,1H3. The molecule has 1 aliphatic rings. The predicted molar refractivity (Wildman–Crippen MR) is 77.3 cm³/mol. The number of furan rings is 1. The first-order valence-corrected chi connectivity index (χ1v) is 6.97. The smallest absolute Gasteiger partial charge is 0.347 e. The molecule has 1 aromatic heterocycles. The van der Waals surface area contributed by atoms with E-state index >= 15 is 0 Å². The Morgan fingerprint density at radius 3 is 2.71 bits per heavy atom. The number of carbonyl (C=O) groups is 1. The van der Waals surface area contributed by atoms with Crippen molar-refractivity contribution in [2.45, 2.75) is 25.3 Å². The summed E-state index contributed by atoms with van der Waals surface area (Å²) in [6.45, 7) is 1.96. The zero-order valence-corrected chi connectivity index (χ0v) is 11.8. The Labute approximate surface area is 122 Å². The minimum absolute atomic E-state index is 0.0547. The second-order valence-electron chi connectivity index (χ2n) is 5.12. The predicted octanol–water partition coefficient (Wildman–Crippen LogP) is 3.26. The second-order valence-corrected chi connectivity index (χ2v) is 5.12. The Morgan fingerprint density at radius 1 is 1.38 bits per heavy atom. The largest absolute Gasteiger partial charge is 0.504 e. The van der Waals surface area contributed by atoms with Crippen LogP contribution in [0.2, 0.25) is 0 Å². The zero-order chi connectivity index (χ0) is 14.9. The third kappa shape index (κ3) is 2.46. The van der Waals surface area contributed by atoms with E-state index in [1.54, 1.807) is 6.92 Å². The van der Waals surface area contributed by atoms with Crippen molar-refractivity contribution in [1.82, 2.24) is 0 Å². The van der Waals surface area contributed by atoms with E-state index in [1.807, 2.05) is 30.3 Å². The highest BCUT2D eigenvalue weighted by Crippen LogP contribution is 2.49. The summed E-state index contributed by atoms with van der Waals surface area (Å²) in [6, 6.07) is 9.98. The maximum Gasteiger partial charge on any atom is 0.347 e. The van der Waals surface area contributed by atoms with Gasteiger partial charge in [-0.3, -0.25) is 0 Å². The fourth-order valence-electron chi connectivity index (χ4n) is 2.43. The van der Waals surface area contributed by atoms with E-state index in [9.17, 15) is 9.90 Å². The number of benzene rings is 1. The summed E-state index contributed by atoms with van der Waals surface area (Å²) < 4.78 is 10.2. The Hall–Kier alpha value is -2.43. The molecule has 0 bridgehead atoms. The van der Waals surface area contributed by atoms with Crippen LogP contribution in [-0.2, 0) is 10.3 Å². The number of hydrogen-bond acceptors (Lipinski definition) is 5. The van der Waals surface area contributed by atoms with Crippen LogP contribution >= 0.6 is 0 Å². The van der Waals surface area contributed by atoms with Crippen LogP contribution < -0.4 is 5.32 Å². The fraction of sp³-hybridized carbons (Fsp3) is 0.312. The van der Waals surface area contributed by atoms with Crippen LogP contribution in [0, 0.1) is 0 Å². The molecule has 1 fully saturated rings. The molecule has 5 nitrogen and oxygen atoms in total. The summed E-state index contributed by atoms with van der Waals surface area (Å²) in [5.41, 5.74) is 0.960. The molecule has 0 spiro atoms. The highest BCUT2D eigenvalue weighted by molar-refractivity contribution is 5.97. The average Bonchev–Trinajstić information content (AvgIpc) is 3.18. The van der Waals surface area contributed by atoms with Crippen LogP contribution in [0.15, 0.2) is 41.0 Å². The summed E-state index contributed by atoms with van der Waals surface area (Å²) >= 11 is 0. The van der Waals surface area contributed by atoms with Gasteiger partial charge in [-0.05, 0) is 25.3 Å². The summed E-state index contributed by atoms with van der Waals surface area (Å²) in [7, 11) is 0. The van der Waals surface area contributed by atoms with Crippen molar-refractivity contribution in [1.29, 1.82) is 0 Å². The van der Waals surface area contributed by atoms with Gasteiger partial charge in [-0.1, -0.05) is 30.3 Å². The maximum absolute atomic E-state index is 11.9. The lowest BCUT2D eigenvalue weighted by atomic mass is 10.1. The van der Waals surface area contributed by atoms with Crippen LogP contribution in [0.4, 0.5) is 5.88 Å². The molecular weight excluding hydrogens is 270 g/mol. The van der Waals surface area contributed by atoms with Crippen molar-refractivity contribution >= 4 is 11.9 Å². The third-order valence-corrected chi connectivity index (χ3v) is 3.68. The first-order chi connectivity index (χ1) is 10.2. The van der Waals surface area contributed by atoms with Crippen molar-refractivity contribution in [2.75, 3.05) is 11.9 Å². The van der Waals surface area contributed by atoms with Gasteiger partial charge in [0.2, 0.25) is 5.88 Å². The van der Waals surface area contributed by atoms with E-state index in [-0.39, 0.29) is 29.3 Å². The van der Waals surface area contributed by atoms with E-state index in [4.69, 9.17) is 9.15 Å². The number of anilines is 1. The van der Waals surface area contributed by atoms with Gasteiger partial charge < -0.3 is 19.6 Å². The van der Waals surface area contributed by atoms with E-state index < -0.39 is 5.97 Å². The molecule has 1 heterocycles. The van der Waals surface area contributed by atoms with E-state index in [2.05, 4.69) is 5.32 Å². The number of esters is 1. The Morgan fingerprint density at radius 2 is 2.10 bits per heavy atom. The van der Waals surface area contributed by atoms with Crippen molar-refractivity contribution in [2.24, 2.45) is 0 Å². The number of nitrogens with one attached hydrogen (secondary N) is 1. The molecule has 2 N–H and O–H groups in total. The topological polar surface area (TPSA) is 71.7 Å². The number of rotatable bonds is 5. The van der Waals surface area contributed by atoms with Gasteiger partial charge in [0.15, 0.2) is 11.3 Å². The molecule has 0 amide bonds. The molecule has 3 rings (SSSR count). The molecule has 1 saturated carbocycles.